The minimum Gasteiger partial charge on any atom is -0.300 e. The number of aryl methyl sites for hydroxylation is 2. The zero-order valence-corrected chi connectivity index (χ0v) is 10.8. The smallest absolute Gasteiger partial charge is 0.130 e. The molecule has 0 N–H and O–H groups in total. The van der Waals surface area contributed by atoms with Crippen LogP contribution >= 0.6 is 11.8 Å². The molecule has 1 aromatic rings. The quantitative estimate of drug-likeness (QED) is 0.740. The molecule has 0 fully saturated rings. The van der Waals surface area contributed by atoms with Gasteiger partial charge in [0.15, 0.2) is 0 Å². The molecule has 1 aliphatic carbocycles. The normalized spacial score (nSPS) is 15.9. The summed E-state index contributed by atoms with van der Waals surface area (Å²) in [6, 6.07) is 6.76. The summed E-state index contributed by atoms with van der Waals surface area (Å²) in [4.78, 5) is 12.3. The van der Waals surface area contributed by atoms with Crippen molar-refractivity contribution >= 4 is 17.5 Å². The molecule has 86 valence electrons. The molecule has 0 saturated heterocycles. The van der Waals surface area contributed by atoms with Crippen LogP contribution in [0.2, 0.25) is 0 Å². The number of hydrogen-bond acceptors (Lipinski definition) is 2. The van der Waals surface area contributed by atoms with Crippen LogP contribution in [0.3, 0.4) is 0 Å². The minimum atomic E-state index is 0.279. The highest BCUT2D eigenvalue weighted by atomic mass is 32.2. The summed E-state index contributed by atoms with van der Waals surface area (Å²) in [6.45, 7) is 3.79. The van der Waals surface area contributed by atoms with E-state index in [2.05, 4.69) is 25.1 Å². The molecular formula is C14H18OS. The second-order valence-electron chi connectivity index (χ2n) is 4.62. The highest BCUT2D eigenvalue weighted by Crippen LogP contribution is 2.30. The highest BCUT2D eigenvalue weighted by Gasteiger charge is 2.12. The monoisotopic (exact) mass is 234 g/mol. The molecule has 0 bridgehead atoms. The van der Waals surface area contributed by atoms with Gasteiger partial charge in [0.05, 0.1) is 0 Å². The predicted octanol–water partition coefficient (Wildman–Crippen LogP) is 3.64. The van der Waals surface area contributed by atoms with E-state index < -0.39 is 0 Å². The maximum Gasteiger partial charge on any atom is 0.130 e. The van der Waals surface area contributed by atoms with Crippen LogP contribution in [0.5, 0.6) is 0 Å². The van der Waals surface area contributed by atoms with Gasteiger partial charge < -0.3 is 0 Å². The van der Waals surface area contributed by atoms with Crippen LogP contribution < -0.4 is 0 Å². The van der Waals surface area contributed by atoms with Crippen molar-refractivity contribution in [2.75, 3.05) is 0 Å². The lowest BCUT2D eigenvalue weighted by Crippen LogP contribution is -2.02. The molecule has 0 radical (unpaired) electrons. The molecule has 1 unspecified atom stereocenters. The first-order chi connectivity index (χ1) is 7.65. The maximum atomic E-state index is 11.0. The van der Waals surface area contributed by atoms with Gasteiger partial charge in [-0.2, -0.15) is 0 Å². The van der Waals surface area contributed by atoms with Crippen molar-refractivity contribution in [3.8, 4) is 0 Å². The van der Waals surface area contributed by atoms with Gasteiger partial charge in [-0.1, -0.05) is 13.0 Å². The van der Waals surface area contributed by atoms with Gasteiger partial charge in [-0.3, -0.25) is 4.79 Å². The van der Waals surface area contributed by atoms with E-state index in [1.807, 2.05) is 11.8 Å². The molecule has 0 amide bonds. The zero-order valence-electron chi connectivity index (χ0n) is 9.95. The molecule has 16 heavy (non-hydrogen) atoms. The fourth-order valence-electron chi connectivity index (χ4n) is 2.30. The van der Waals surface area contributed by atoms with Gasteiger partial charge in [-0.05, 0) is 49.4 Å². The fourth-order valence-corrected chi connectivity index (χ4v) is 3.44. The van der Waals surface area contributed by atoms with Crippen LogP contribution in [-0.2, 0) is 17.6 Å². The zero-order chi connectivity index (χ0) is 11.5. The van der Waals surface area contributed by atoms with E-state index in [9.17, 15) is 4.79 Å². The first-order valence-corrected chi connectivity index (χ1v) is 6.81. The standard InChI is InChI=1S/C14H18OS/c1-10(15)8-11(2)16-14-7-6-12-4-3-5-13(12)9-14/h6-7,9,11H,3-5,8H2,1-2H3. The number of benzene rings is 1. The van der Waals surface area contributed by atoms with E-state index in [0.717, 1.165) is 0 Å². The Morgan fingerprint density at radius 1 is 1.38 bits per heavy atom. The van der Waals surface area contributed by atoms with E-state index >= 15 is 0 Å². The fraction of sp³-hybridized carbons (Fsp3) is 0.500. The third kappa shape index (κ3) is 2.88. The highest BCUT2D eigenvalue weighted by molar-refractivity contribution is 8.00. The van der Waals surface area contributed by atoms with Gasteiger partial charge in [0, 0.05) is 16.6 Å². The Labute approximate surface area is 102 Å². The van der Waals surface area contributed by atoms with E-state index in [4.69, 9.17) is 0 Å². The van der Waals surface area contributed by atoms with Crippen LogP contribution in [-0.4, -0.2) is 11.0 Å². The molecule has 0 saturated carbocycles. The van der Waals surface area contributed by atoms with Gasteiger partial charge in [0.2, 0.25) is 0 Å². The lowest BCUT2D eigenvalue weighted by Gasteiger charge is -2.10. The Bertz CT molecular complexity index is 398. The predicted molar refractivity (Wildman–Crippen MR) is 69.1 cm³/mol. The van der Waals surface area contributed by atoms with Gasteiger partial charge in [-0.15, -0.1) is 11.8 Å². The summed E-state index contributed by atoms with van der Waals surface area (Å²) >= 11 is 1.82. The number of carbonyl (C=O) groups excluding carboxylic acids is 1. The average molecular weight is 234 g/mol. The summed E-state index contributed by atoms with van der Waals surface area (Å²) in [5, 5.41) is 0.386. The Balaban J connectivity index is 2.02. The Morgan fingerprint density at radius 2 is 2.12 bits per heavy atom. The summed E-state index contributed by atoms with van der Waals surface area (Å²) in [7, 11) is 0. The Morgan fingerprint density at radius 3 is 2.88 bits per heavy atom. The van der Waals surface area contributed by atoms with Crippen molar-refractivity contribution in [1.82, 2.24) is 0 Å². The number of ketones is 1. The molecule has 2 heteroatoms. The number of Topliss-reactive ketones (excluding diaryl/α,β-unsaturated/α-hetero) is 1. The summed E-state index contributed by atoms with van der Waals surface area (Å²) < 4.78 is 0. The number of hydrogen-bond donors (Lipinski definition) is 0. The van der Waals surface area contributed by atoms with Gasteiger partial charge in [0.25, 0.3) is 0 Å². The van der Waals surface area contributed by atoms with Crippen LogP contribution in [0, 0.1) is 0 Å². The molecule has 1 nitrogen and oxygen atoms in total. The first-order valence-electron chi connectivity index (χ1n) is 5.93. The molecule has 0 heterocycles. The number of carbonyl (C=O) groups is 1. The lowest BCUT2D eigenvalue weighted by molar-refractivity contribution is -0.116. The van der Waals surface area contributed by atoms with Crippen molar-refractivity contribution in [2.24, 2.45) is 0 Å². The third-order valence-electron chi connectivity index (χ3n) is 2.98. The summed E-state index contributed by atoms with van der Waals surface area (Å²) in [6.07, 6.45) is 4.43. The SMILES string of the molecule is CC(=O)CC(C)Sc1ccc2c(c1)CCC2. The number of fused-ring (bicyclic) bond motifs is 1. The van der Waals surface area contributed by atoms with E-state index in [0.29, 0.717) is 11.7 Å². The van der Waals surface area contributed by atoms with Crippen LogP contribution in [0.25, 0.3) is 0 Å². The second-order valence-corrected chi connectivity index (χ2v) is 6.13. The topological polar surface area (TPSA) is 17.1 Å². The number of rotatable bonds is 4. The Hall–Kier alpha value is -0.760. The van der Waals surface area contributed by atoms with Crippen LogP contribution in [0.4, 0.5) is 0 Å². The van der Waals surface area contributed by atoms with Crippen molar-refractivity contribution in [3.63, 3.8) is 0 Å². The largest absolute Gasteiger partial charge is 0.300 e. The van der Waals surface area contributed by atoms with Crippen molar-refractivity contribution < 1.29 is 4.79 Å². The van der Waals surface area contributed by atoms with E-state index in [1.54, 1.807) is 6.92 Å². The van der Waals surface area contributed by atoms with Crippen molar-refractivity contribution in [2.45, 2.75) is 49.7 Å². The maximum absolute atomic E-state index is 11.0. The van der Waals surface area contributed by atoms with Gasteiger partial charge in [-0.25, -0.2) is 0 Å². The van der Waals surface area contributed by atoms with Crippen molar-refractivity contribution in [1.29, 1.82) is 0 Å². The number of thioether (sulfide) groups is 1. The van der Waals surface area contributed by atoms with E-state index in [1.165, 1.54) is 35.3 Å². The molecule has 1 atom stereocenters. The second kappa shape index (κ2) is 5.05. The molecular weight excluding hydrogens is 216 g/mol. The van der Waals surface area contributed by atoms with Gasteiger partial charge >= 0.3 is 0 Å². The van der Waals surface area contributed by atoms with E-state index in [-0.39, 0.29) is 5.78 Å². The molecule has 2 rings (SSSR count). The minimum absolute atomic E-state index is 0.279. The third-order valence-corrected chi connectivity index (χ3v) is 4.08. The molecule has 1 aromatic carbocycles. The molecule has 0 spiro atoms. The van der Waals surface area contributed by atoms with Gasteiger partial charge in [0.1, 0.15) is 5.78 Å². The molecule has 0 aliphatic heterocycles. The average Bonchev–Trinajstić information content (AvgIpc) is 2.63. The van der Waals surface area contributed by atoms with Crippen molar-refractivity contribution in [3.05, 3.63) is 29.3 Å². The summed E-state index contributed by atoms with van der Waals surface area (Å²) in [5.41, 5.74) is 3.03. The summed E-state index contributed by atoms with van der Waals surface area (Å²) in [5.74, 6) is 0.279. The molecule has 1 aliphatic rings. The molecule has 0 aromatic heterocycles. The first kappa shape index (κ1) is 11.7. The van der Waals surface area contributed by atoms with Crippen LogP contribution in [0.1, 0.15) is 37.8 Å². The Kier molecular flexibility index (Phi) is 3.70. The van der Waals surface area contributed by atoms with Crippen LogP contribution in [0.15, 0.2) is 23.1 Å². The lowest BCUT2D eigenvalue weighted by atomic mass is 10.1.